The zero-order chi connectivity index (χ0) is 10.6. The molecule has 2 nitrogen and oxygen atoms in total. The molecule has 0 aromatic carbocycles. The van der Waals surface area contributed by atoms with Gasteiger partial charge < -0.3 is 4.57 Å². The van der Waals surface area contributed by atoms with Crippen molar-refractivity contribution in [2.45, 2.75) is 12.1 Å². The normalized spacial score (nSPS) is 11.6. The molecule has 0 fully saturated rings. The van der Waals surface area contributed by atoms with E-state index in [9.17, 15) is 18.0 Å². The number of halogens is 3. The van der Waals surface area contributed by atoms with Crippen LogP contribution < -0.4 is 5.43 Å². The van der Waals surface area contributed by atoms with Gasteiger partial charge in [-0.3, -0.25) is 4.79 Å². The van der Waals surface area contributed by atoms with Crippen LogP contribution in [-0.2, 0) is 6.54 Å². The molecule has 0 aliphatic heterocycles. The number of alkyl halides is 3. The summed E-state index contributed by atoms with van der Waals surface area (Å²) in [5, 5.41) is 0. The van der Waals surface area contributed by atoms with Gasteiger partial charge in [-0.2, -0.15) is 13.2 Å². The minimum atomic E-state index is -4.18. The summed E-state index contributed by atoms with van der Waals surface area (Å²) in [7, 11) is 0. The van der Waals surface area contributed by atoms with E-state index in [0.29, 0.717) is 0 Å². The SMILES string of the molecule is O=c1ccn(CCSC(F)(F)F)cc1. The maximum atomic E-state index is 11.7. The molecule has 0 bridgehead atoms. The zero-order valence-corrected chi connectivity index (χ0v) is 7.94. The van der Waals surface area contributed by atoms with Crippen LogP contribution in [0.4, 0.5) is 13.2 Å². The van der Waals surface area contributed by atoms with Crippen LogP contribution in [-0.4, -0.2) is 15.8 Å². The van der Waals surface area contributed by atoms with E-state index in [2.05, 4.69) is 0 Å². The third kappa shape index (κ3) is 4.36. The minimum Gasteiger partial charge on any atom is -0.353 e. The highest BCUT2D eigenvalue weighted by molar-refractivity contribution is 8.00. The van der Waals surface area contributed by atoms with E-state index in [1.807, 2.05) is 0 Å². The number of aryl methyl sites for hydroxylation is 1. The standard InChI is InChI=1S/C8H8F3NOS/c9-8(10,11)14-6-5-12-3-1-7(13)2-4-12/h1-4H,5-6H2. The van der Waals surface area contributed by atoms with Gasteiger partial charge in [0.15, 0.2) is 5.43 Å². The van der Waals surface area contributed by atoms with Crippen molar-refractivity contribution in [3.05, 3.63) is 34.7 Å². The average molecular weight is 223 g/mol. The number of thioether (sulfide) groups is 1. The van der Waals surface area contributed by atoms with Crippen LogP contribution in [0, 0.1) is 0 Å². The molecule has 0 amide bonds. The predicted octanol–water partition coefficient (Wildman–Crippen LogP) is 2.10. The molecule has 0 aliphatic carbocycles. The Labute approximate surface area is 82.7 Å². The number of nitrogens with zero attached hydrogens (tertiary/aromatic N) is 1. The van der Waals surface area contributed by atoms with Crippen LogP contribution in [0.15, 0.2) is 29.3 Å². The Hall–Kier alpha value is -0.910. The molecule has 78 valence electrons. The lowest BCUT2D eigenvalue weighted by atomic mass is 10.5. The smallest absolute Gasteiger partial charge is 0.353 e. The van der Waals surface area contributed by atoms with Crippen molar-refractivity contribution in [1.82, 2.24) is 4.57 Å². The van der Waals surface area contributed by atoms with E-state index >= 15 is 0 Å². The summed E-state index contributed by atoms with van der Waals surface area (Å²) in [4.78, 5) is 10.7. The van der Waals surface area contributed by atoms with Gasteiger partial charge in [-0.1, -0.05) is 0 Å². The molecule has 6 heteroatoms. The van der Waals surface area contributed by atoms with E-state index in [4.69, 9.17) is 0 Å². The highest BCUT2D eigenvalue weighted by Crippen LogP contribution is 2.29. The lowest BCUT2D eigenvalue weighted by Gasteiger charge is -2.07. The molecule has 0 unspecified atom stereocenters. The maximum absolute atomic E-state index is 11.7. The molecule has 0 N–H and O–H groups in total. The monoisotopic (exact) mass is 223 g/mol. The maximum Gasteiger partial charge on any atom is 0.441 e. The fraction of sp³-hybridized carbons (Fsp3) is 0.375. The van der Waals surface area contributed by atoms with E-state index in [0.717, 1.165) is 0 Å². The fourth-order valence-electron chi connectivity index (χ4n) is 0.859. The van der Waals surface area contributed by atoms with Crippen molar-refractivity contribution in [2.75, 3.05) is 5.75 Å². The van der Waals surface area contributed by atoms with Gasteiger partial charge in [0.05, 0.1) is 0 Å². The highest BCUT2D eigenvalue weighted by Gasteiger charge is 2.27. The fourth-order valence-corrected chi connectivity index (χ4v) is 1.39. The molecule has 0 saturated carbocycles. The second-order valence-electron chi connectivity index (χ2n) is 2.57. The molecule has 1 heterocycles. The molecular formula is C8H8F3NOS. The highest BCUT2D eigenvalue weighted by atomic mass is 32.2. The summed E-state index contributed by atoms with van der Waals surface area (Å²) < 4.78 is 36.7. The van der Waals surface area contributed by atoms with Crippen LogP contribution in [0.2, 0.25) is 0 Å². The van der Waals surface area contributed by atoms with Crippen LogP contribution in [0.3, 0.4) is 0 Å². The van der Waals surface area contributed by atoms with Crippen molar-refractivity contribution in [3.63, 3.8) is 0 Å². The molecule has 1 aromatic heterocycles. The minimum absolute atomic E-state index is 0.0492. The van der Waals surface area contributed by atoms with E-state index in [1.165, 1.54) is 24.5 Å². The van der Waals surface area contributed by atoms with E-state index in [-0.39, 0.29) is 29.5 Å². The Morgan fingerprint density at radius 3 is 2.36 bits per heavy atom. The summed E-state index contributed by atoms with van der Waals surface area (Å²) in [6, 6.07) is 2.64. The largest absolute Gasteiger partial charge is 0.441 e. The van der Waals surface area contributed by atoms with Crippen molar-refractivity contribution in [3.8, 4) is 0 Å². The molecule has 0 radical (unpaired) electrons. The molecular weight excluding hydrogens is 215 g/mol. The second-order valence-corrected chi connectivity index (χ2v) is 3.73. The molecule has 1 rings (SSSR count). The van der Waals surface area contributed by atoms with Crippen molar-refractivity contribution in [2.24, 2.45) is 0 Å². The lowest BCUT2D eigenvalue weighted by molar-refractivity contribution is -0.0328. The predicted molar refractivity (Wildman–Crippen MR) is 49.2 cm³/mol. The Kier molecular flexibility index (Phi) is 3.62. The summed E-state index contributed by atoms with van der Waals surface area (Å²) >= 11 is -0.0664. The Balaban J connectivity index is 2.39. The molecule has 14 heavy (non-hydrogen) atoms. The van der Waals surface area contributed by atoms with Gasteiger partial charge in [0.1, 0.15) is 0 Å². The number of rotatable bonds is 3. The van der Waals surface area contributed by atoms with Gasteiger partial charge in [-0.25, -0.2) is 0 Å². The Morgan fingerprint density at radius 1 is 1.29 bits per heavy atom. The molecule has 0 saturated heterocycles. The lowest BCUT2D eigenvalue weighted by Crippen LogP contribution is -2.08. The van der Waals surface area contributed by atoms with Gasteiger partial charge in [0.2, 0.25) is 0 Å². The Morgan fingerprint density at radius 2 is 1.86 bits per heavy atom. The number of pyridine rings is 1. The summed E-state index contributed by atoms with van der Waals surface area (Å²) in [5.41, 5.74) is -4.33. The van der Waals surface area contributed by atoms with Gasteiger partial charge in [0, 0.05) is 36.8 Å². The first-order valence-electron chi connectivity index (χ1n) is 3.84. The molecule has 0 spiro atoms. The number of hydrogen-bond donors (Lipinski definition) is 0. The van der Waals surface area contributed by atoms with Crippen LogP contribution in [0.25, 0.3) is 0 Å². The topological polar surface area (TPSA) is 22.0 Å². The second kappa shape index (κ2) is 4.54. The van der Waals surface area contributed by atoms with Gasteiger partial charge in [0.25, 0.3) is 0 Å². The average Bonchev–Trinajstić information content (AvgIpc) is 2.06. The zero-order valence-electron chi connectivity index (χ0n) is 7.12. The first-order valence-corrected chi connectivity index (χ1v) is 4.83. The van der Waals surface area contributed by atoms with Gasteiger partial charge in [-0.05, 0) is 11.8 Å². The van der Waals surface area contributed by atoms with Gasteiger partial charge in [-0.15, -0.1) is 0 Å². The van der Waals surface area contributed by atoms with Crippen LogP contribution in [0.5, 0.6) is 0 Å². The van der Waals surface area contributed by atoms with Gasteiger partial charge >= 0.3 is 5.51 Å². The van der Waals surface area contributed by atoms with E-state index < -0.39 is 5.51 Å². The van der Waals surface area contributed by atoms with Crippen molar-refractivity contribution in [1.29, 1.82) is 0 Å². The number of aromatic nitrogens is 1. The quantitative estimate of drug-likeness (QED) is 0.782. The third-order valence-electron chi connectivity index (χ3n) is 1.48. The van der Waals surface area contributed by atoms with Crippen LogP contribution in [0.1, 0.15) is 0 Å². The third-order valence-corrected chi connectivity index (χ3v) is 2.19. The first-order chi connectivity index (χ1) is 6.47. The summed E-state index contributed by atoms with van der Waals surface area (Å²) in [5.74, 6) is -0.0492. The molecule has 0 aliphatic rings. The molecule has 0 atom stereocenters. The van der Waals surface area contributed by atoms with Crippen LogP contribution >= 0.6 is 11.8 Å². The molecule has 1 aromatic rings. The van der Waals surface area contributed by atoms with E-state index in [1.54, 1.807) is 4.57 Å². The first kappa shape index (κ1) is 11.2. The van der Waals surface area contributed by atoms with Crippen molar-refractivity contribution < 1.29 is 13.2 Å². The van der Waals surface area contributed by atoms with Crippen molar-refractivity contribution >= 4 is 11.8 Å². The number of hydrogen-bond acceptors (Lipinski definition) is 2. The summed E-state index contributed by atoms with van der Waals surface area (Å²) in [6.07, 6.45) is 2.94. The Bertz CT molecular complexity index is 327. The summed E-state index contributed by atoms with van der Waals surface area (Å²) in [6.45, 7) is 0.241.